The highest BCUT2D eigenvalue weighted by atomic mass is 16.4. The van der Waals surface area contributed by atoms with Crippen molar-refractivity contribution in [3.63, 3.8) is 0 Å². The van der Waals surface area contributed by atoms with Crippen LogP contribution in [0, 0.1) is 11.3 Å². The van der Waals surface area contributed by atoms with Gasteiger partial charge in [0.25, 0.3) is 5.91 Å². The summed E-state index contributed by atoms with van der Waals surface area (Å²) in [6.45, 7) is 0. The topological polar surface area (TPSA) is 102 Å². The highest BCUT2D eigenvalue weighted by Gasteiger charge is 2.11. The van der Waals surface area contributed by atoms with E-state index in [2.05, 4.69) is 10.6 Å². The van der Waals surface area contributed by atoms with Gasteiger partial charge in [-0.2, -0.15) is 5.26 Å². The second-order valence-corrected chi connectivity index (χ2v) is 5.68. The summed E-state index contributed by atoms with van der Waals surface area (Å²) in [5.41, 5.74) is 0.973. The molecule has 0 unspecified atom stereocenters. The maximum atomic E-state index is 12.3. The van der Waals surface area contributed by atoms with Crippen molar-refractivity contribution in [3.05, 3.63) is 84.1 Å². The minimum Gasteiger partial charge on any atom is -0.478 e. The SMILES string of the molecule is N#C/C(=C/Nc1cccc2ccccc12)C(=O)Nc1cccc(C(=O)O)c1. The number of carboxylic acid groups (broad SMARTS) is 1. The number of anilines is 2. The van der Waals surface area contributed by atoms with Gasteiger partial charge in [0.1, 0.15) is 11.6 Å². The Labute approximate surface area is 155 Å². The molecule has 0 fully saturated rings. The second-order valence-electron chi connectivity index (χ2n) is 5.68. The summed E-state index contributed by atoms with van der Waals surface area (Å²) in [6, 6.07) is 21.1. The molecule has 132 valence electrons. The molecular formula is C21H15N3O3. The number of carbonyl (C=O) groups excluding carboxylic acids is 1. The lowest BCUT2D eigenvalue weighted by Crippen LogP contribution is -2.15. The zero-order valence-electron chi connectivity index (χ0n) is 14.1. The monoisotopic (exact) mass is 357 g/mol. The summed E-state index contributed by atoms with van der Waals surface area (Å²) in [5, 5.41) is 25.8. The molecule has 0 aromatic heterocycles. The zero-order valence-corrected chi connectivity index (χ0v) is 14.1. The lowest BCUT2D eigenvalue weighted by molar-refractivity contribution is -0.112. The van der Waals surface area contributed by atoms with E-state index in [4.69, 9.17) is 5.11 Å². The third-order valence-corrected chi connectivity index (χ3v) is 3.89. The van der Waals surface area contributed by atoms with Crippen molar-refractivity contribution in [3.8, 4) is 6.07 Å². The van der Waals surface area contributed by atoms with E-state index in [9.17, 15) is 14.9 Å². The third kappa shape index (κ3) is 4.11. The average Bonchev–Trinajstić information content (AvgIpc) is 2.68. The number of aromatic carboxylic acids is 1. The van der Waals surface area contributed by atoms with Crippen LogP contribution in [0.1, 0.15) is 10.4 Å². The van der Waals surface area contributed by atoms with E-state index in [1.807, 2.05) is 48.5 Å². The summed E-state index contributed by atoms with van der Waals surface area (Å²) >= 11 is 0. The first-order valence-corrected chi connectivity index (χ1v) is 8.08. The van der Waals surface area contributed by atoms with Crippen molar-refractivity contribution in [1.82, 2.24) is 0 Å². The van der Waals surface area contributed by atoms with E-state index in [0.29, 0.717) is 5.69 Å². The van der Waals surface area contributed by atoms with Crippen LogP contribution >= 0.6 is 0 Å². The van der Waals surface area contributed by atoms with Crippen molar-refractivity contribution >= 4 is 34.0 Å². The highest BCUT2D eigenvalue weighted by molar-refractivity contribution is 6.07. The number of carbonyl (C=O) groups is 2. The van der Waals surface area contributed by atoms with Crippen LogP contribution in [0.2, 0.25) is 0 Å². The molecule has 0 aliphatic rings. The molecule has 6 heteroatoms. The van der Waals surface area contributed by atoms with Crippen LogP contribution in [0.25, 0.3) is 10.8 Å². The van der Waals surface area contributed by atoms with Crippen LogP contribution in [0.3, 0.4) is 0 Å². The number of nitriles is 1. The number of nitrogens with one attached hydrogen (secondary N) is 2. The number of rotatable bonds is 5. The Hall–Kier alpha value is -4.11. The Bertz CT molecular complexity index is 1090. The summed E-state index contributed by atoms with van der Waals surface area (Å²) in [5.74, 6) is -1.73. The molecule has 0 atom stereocenters. The predicted octanol–water partition coefficient (Wildman–Crippen LogP) is 4.00. The lowest BCUT2D eigenvalue weighted by Gasteiger charge is -2.08. The second kappa shape index (κ2) is 7.85. The summed E-state index contributed by atoms with van der Waals surface area (Å²) in [4.78, 5) is 23.3. The maximum absolute atomic E-state index is 12.3. The van der Waals surface area contributed by atoms with Gasteiger partial charge < -0.3 is 15.7 Å². The molecule has 3 N–H and O–H groups in total. The molecule has 3 rings (SSSR count). The first-order chi connectivity index (χ1) is 13.1. The van der Waals surface area contributed by atoms with Gasteiger partial charge in [0, 0.05) is 23.0 Å². The van der Waals surface area contributed by atoms with Crippen LogP contribution < -0.4 is 10.6 Å². The van der Waals surface area contributed by atoms with Crippen LogP contribution in [0.5, 0.6) is 0 Å². The maximum Gasteiger partial charge on any atom is 0.335 e. The van der Waals surface area contributed by atoms with Gasteiger partial charge in [-0.25, -0.2) is 4.79 Å². The van der Waals surface area contributed by atoms with Gasteiger partial charge in [-0.1, -0.05) is 42.5 Å². The number of hydrogen-bond donors (Lipinski definition) is 3. The third-order valence-electron chi connectivity index (χ3n) is 3.89. The van der Waals surface area contributed by atoms with E-state index in [1.165, 1.54) is 24.4 Å². The fourth-order valence-electron chi connectivity index (χ4n) is 2.58. The zero-order chi connectivity index (χ0) is 19.2. The van der Waals surface area contributed by atoms with Gasteiger partial charge in [0.15, 0.2) is 0 Å². The smallest absolute Gasteiger partial charge is 0.335 e. The lowest BCUT2D eigenvalue weighted by atomic mass is 10.1. The van der Waals surface area contributed by atoms with Crippen LogP contribution in [0.4, 0.5) is 11.4 Å². The average molecular weight is 357 g/mol. The Morgan fingerprint density at radius 2 is 1.74 bits per heavy atom. The summed E-state index contributed by atoms with van der Waals surface area (Å²) < 4.78 is 0. The molecular weight excluding hydrogens is 342 g/mol. The molecule has 3 aromatic carbocycles. The van der Waals surface area contributed by atoms with E-state index in [0.717, 1.165) is 16.5 Å². The summed E-state index contributed by atoms with van der Waals surface area (Å²) in [7, 11) is 0. The molecule has 0 radical (unpaired) electrons. The van der Waals surface area contributed by atoms with Gasteiger partial charge in [-0.15, -0.1) is 0 Å². The van der Waals surface area contributed by atoms with Gasteiger partial charge in [-0.3, -0.25) is 4.79 Å². The Morgan fingerprint density at radius 1 is 1.00 bits per heavy atom. The van der Waals surface area contributed by atoms with Crippen molar-refractivity contribution < 1.29 is 14.7 Å². The standard InChI is InChI=1S/C21H15N3O3/c22-12-16(20(25)24-17-8-3-7-15(11-17)21(26)27)13-23-19-10-4-6-14-5-1-2-9-18(14)19/h1-11,13,23H,(H,24,25)(H,26,27)/b16-13-. The molecule has 3 aromatic rings. The van der Waals surface area contributed by atoms with Gasteiger partial charge in [-0.05, 0) is 29.7 Å². The Balaban J connectivity index is 1.80. The predicted molar refractivity (Wildman–Crippen MR) is 103 cm³/mol. The molecule has 0 aliphatic carbocycles. The Kier molecular flexibility index (Phi) is 5.15. The van der Waals surface area contributed by atoms with Crippen LogP contribution in [-0.2, 0) is 4.79 Å². The molecule has 27 heavy (non-hydrogen) atoms. The van der Waals surface area contributed by atoms with Crippen LogP contribution in [-0.4, -0.2) is 17.0 Å². The number of fused-ring (bicyclic) bond motifs is 1. The molecule has 0 saturated carbocycles. The minimum absolute atomic E-state index is 0.0455. The molecule has 6 nitrogen and oxygen atoms in total. The molecule has 1 amide bonds. The quantitative estimate of drug-likeness (QED) is 0.473. The van der Waals surface area contributed by atoms with Gasteiger partial charge in [0.05, 0.1) is 5.56 Å². The summed E-state index contributed by atoms with van der Waals surface area (Å²) in [6.07, 6.45) is 1.33. The molecule has 0 saturated heterocycles. The number of nitrogens with zero attached hydrogens (tertiary/aromatic N) is 1. The van der Waals surface area contributed by atoms with E-state index in [-0.39, 0.29) is 11.1 Å². The largest absolute Gasteiger partial charge is 0.478 e. The fourth-order valence-corrected chi connectivity index (χ4v) is 2.58. The first-order valence-electron chi connectivity index (χ1n) is 8.08. The van der Waals surface area contributed by atoms with Crippen molar-refractivity contribution in [2.45, 2.75) is 0 Å². The van der Waals surface area contributed by atoms with E-state index < -0.39 is 11.9 Å². The Morgan fingerprint density at radius 3 is 2.52 bits per heavy atom. The normalized spacial score (nSPS) is 10.9. The van der Waals surface area contributed by atoms with E-state index in [1.54, 1.807) is 6.07 Å². The fraction of sp³-hybridized carbons (Fsp3) is 0. The van der Waals surface area contributed by atoms with E-state index >= 15 is 0 Å². The first kappa shape index (κ1) is 17.7. The van der Waals surface area contributed by atoms with Crippen molar-refractivity contribution in [2.24, 2.45) is 0 Å². The number of hydrogen-bond acceptors (Lipinski definition) is 4. The molecule has 0 bridgehead atoms. The van der Waals surface area contributed by atoms with Crippen molar-refractivity contribution in [1.29, 1.82) is 5.26 Å². The molecule has 0 heterocycles. The number of amides is 1. The van der Waals surface area contributed by atoms with Crippen molar-refractivity contribution in [2.75, 3.05) is 10.6 Å². The molecule has 0 aliphatic heterocycles. The highest BCUT2D eigenvalue weighted by Crippen LogP contribution is 2.23. The van der Waals surface area contributed by atoms with Gasteiger partial charge >= 0.3 is 5.97 Å². The minimum atomic E-state index is -1.10. The van der Waals surface area contributed by atoms with Crippen LogP contribution in [0.15, 0.2) is 78.5 Å². The number of carboxylic acids is 1. The molecule has 0 spiro atoms. The number of benzene rings is 3. The van der Waals surface area contributed by atoms with Gasteiger partial charge in [0.2, 0.25) is 0 Å².